The molecule has 1 heterocycles. The molecule has 0 saturated carbocycles. The van der Waals surface area contributed by atoms with E-state index in [1.54, 1.807) is 29.6 Å². The minimum atomic E-state index is -3.43. The quantitative estimate of drug-likeness (QED) is 0.854. The van der Waals surface area contributed by atoms with Gasteiger partial charge in [-0.25, -0.2) is 17.9 Å². The number of aromatic carboxylic acids is 1. The lowest BCUT2D eigenvalue weighted by atomic mass is 10.1. The predicted octanol–water partition coefficient (Wildman–Crippen LogP) is 1.97. The molecule has 7 heteroatoms. The number of thiophene rings is 1. The van der Waals surface area contributed by atoms with E-state index < -0.39 is 16.0 Å². The van der Waals surface area contributed by atoms with E-state index in [0.717, 1.165) is 5.56 Å². The van der Waals surface area contributed by atoms with E-state index in [1.165, 1.54) is 23.5 Å². The van der Waals surface area contributed by atoms with Gasteiger partial charge < -0.3 is 5.11 Å². The van der Waals surface area contributed by atoms with Crippen molar-refractivity contribution >= 4 is 27.3 Å². The average molecular weight is 311 g/mol. The van der Waals surface area contributed by atoms with Crippen molar-refractivity contribution in [3.05, 3.63) is 52.9 Å². The Morgan fingerprint density at radius 3 is 2.45 bits per heavy atom. The van der Waals surface area contributed by atoms with Gasteiger partial charge in [0.1, 0.15) is 4.21 Å². The number of sulfonamides is 1. The van der Waals surface area contributed by atoms with Crippen molar-refractivity contribution in [1.29, 1.82) is 0 Å². The number of hydrogen-bond acceptors (Lipinski definition) is 4. The fourth-order valence-electron chi connectivity index (χ4n) is 1.63. The number of carboxylic acids is 1. The van der Waals surface area contributed by atoms with E-state index in [9.17, 15) is 13.2 Å². The number of carbonyl (C=O) groups is 1. The van der Waals surface area contributed by atoms with Crippen LogP contribution in [0.4, 0.5) is 0 Å². The van der Waals surface area contributed by atoms with Crippen LogP contribution in [0.3, 0.4) is 0 Å². The predicted molar refractivity (Wildman–Crippen MR) is 76.6 cm³/mol. The van der Waals surface area contributed by atoms with E-state index in [1.807, 2.05) is 0 Å². The van der Waals surface area contributed by atoms with Crippen LogP contribution in [0.1, 0.15) is 15.9 Å². The Morgan fingerprint density at radius 1 is 1.20 bits per heavy atom. The van der Waals surface area contributed by atoms with Gasteiger partial charge in [-0.1, -0.05) is 18.2 Å². The molecule has 20 heavy (non-hydrogen) atoms. The molecule has 0 fully saturated rings. The normalized spacial score (nSPS) is 11.4. The second-order valence-corrected chi connectivity index (χ2v) is 7.02. The van der Waals surface area contributed by atoms with Gasteiger partial charge in [0.25, 0.3) is 0 Å². The highest BCUT2D eigenvalue weighted by Crippen LogP contribution is 2.15. The zero-order valence-electron chi connectivity index (χ0n) is 10.4. The first-order valence-corrected chi connectivity index (χ1v) is 8.21. The molecular weight excluding hydrogens is 298 g/mol. The lowest BCUT2D eigenvalue weighted by Gasteiger charge is -2.05. The molecule has 2 N–H and O–H groups in total. The minimum Gasteiger partial charge on any atom is -0.478 e. The average Bonchev–Trinajstić information content (AvgIpc) is 2.94. The van der Waals surface area contributed by atoms with E-state index in [-0.39, 0.29) is 12.1 Å². The largest absolute Gasteiger partial charge is 0.478 e. The van der Waals surface area contributed by atoms with Crippen LogP contribution in [-0.4, -0.2) is 26.0 Å². The van der Waals surface area contributed by atoms with Crippen molar-refractivity contribution in [3.8, 4) is 0 Å². The third-order valence-electron chi connectivity index (χ3n) is 2.67. The fourth-order valence-corrected chi connectivity index (χ4v) is 3.70. The summed E-state index contributed by atoms with van der Waals surface area (Å²) >= 11 is 1.17. The van der Waals surface area contributed by atoms with Gasteiger partial charge in [0.2, 0.25) is 10.0 Å². The Morgan fingerprint density at radius 2 is 1.90 bits per heavy atom. The topological polar surface area (TPSA) is 83.5 Å². The number of hydrogen-bond donors (Lipinski definition) is 2. The molecule has 0 aliphatic heterocycles. The summed E-state index contributed by atoms with van der Waals surface area (Å²) in [6.45, 7) is 0.270. The molecule has 0 amide bonds. The zero-order chi connectivity index (χ0) is 14.6. The molecule has 1 aromatic heterocycles. The van der Waals surface area contributed by atoms with Crippen molar-refractivity contribution < 1.29 is 18.3 Å². The molecule has 0 saturated heterocycles. The maximum absolute atomic E-state index is 11.8. The van der Waals surface area contributed by atoms with Gasteiger partial charge in [-0.3, -0.25) is 0 Å². The van der Waals surface area contributed by atoms with E-state index in [2.05, 4.69) is 4.72 Å². The Balaban J connectivity index is 1.92. The molecule has 2 aromatic rings. The van der Waals surface area contributed by atoms with Crippen molar-refractivity contribution in [2.75, 3.05) is 6.54 Å². The van der Waals surface area contributed by atoms with Crippen LogP contribution in [0.5, 0.6) is 0 Å². The molecule has 106 valence electrons. The number of nitrogens with one attached hydrogen (secondary N) is 1. The second kappa shape index (κ2) is 6.17. The number of rotatable bonds is 6. The monoisotopic (exact) mass is 311 g/mol. The molecule has 2 rings (SSSR count). The smallest absolute Gasteiger partial charge is 0.335 e. The van der Waals surface area contributed by atoms with Gasteiger partial charge in [-0.05, 0) is 35.6 Å². The van der Waals surface area contributed by atoms with Crippen LogP contribution >= 0.6 is 11.3 Å². The Labute approximate surface area is 120 Å². The summed E-state index contributed by atoms with van der Waals surface area (Å²) < 4.78 is 26.5. The highest BCUT2D eigenvalue weighted by Gasteiger charge is 2.13. The van der Waals surface area contributed by atoms with Crippen LogP contribution in [0.15, 0.2) is 46.0 Å². The molecule has 0 spiro atoms. The van der Waals surface area contributed by atoms with Gasteiger partial charge in [0, 0.05) is 6.54 Å². The lowest BCUT2D eigenvalue weighted by Crippen LogP contribution is -2.25. The van der Waals surface area contributed by atoms with Crippen molar-refractivity contribution in [3.63, 3.8) is 0 Å². The molecule has 5 nitrogen and oxygen atoms in total. The first-order chi connectivity index (χ1) is 9.49. The Bertz CT molecular complexity index is 676. The maximum atomic E-state index is 11.8. The van der Waals surface area contributed by atoms with Crippen molar-refractivity contribution in [2.45, 2.75) is 10.6 Å². The molecule has 0 aliphatic carbocycles. The van der Waals surface area contributed by atoms with Crippen LogP contribution in [0, 0.1) is 0 Å². The van der Waals surface area contributed by atoms with E-state index in [4.69, 9.17) is 5.11 Å². The first-order valence-electron chi connectivity index (χ1n) is 5.84. The van der Waals surface area contributed by atoms with Crippen LogP contribution in [-0.2, 0) is 16.4 Å². The summed E-state index contributed by atoms with van der Waals surface area (Å²) in [4.78, 5) is 10.7. The second-order valence-electron chi connectivity index (χ2n) is 4.08. The third-order valence-corrected chi connectivity index (χ3v) is 5.53. The number of benzene rings is 1. The standard InChI is InChI=1S/C13H13NO4S2/c15-13(16)11-5-3-10(4-6-11)7-8-14-20(17,18)12-2-1-9-19-12/h1-6,9,14H,7-8H2,(H,15,16). The first kappa shape index (κ1) is 14.7. The van der Waals surface area contributed by atoms with Crippen molar-refractivity contribution in [1.82, 2.24) is 4.72 Å². The van der Waals surface area contributed by atoms with Crippen molar-refractivity contribution in [2.24, 2.45) is 0 Å². The van der Waals surface area contributed by atoms with Crippen LogP contribution in [0.2, 0.25) is 0 Å². The van der Waals surface area contributed by atoms with Gasteiger partial charge in [0.05, 0.1) is 5.56 Å². The van der Waals surface area contributed by atoms with Gasteiger partial charge in [-0.2, -0.15) is 0 Å². The highest BCUT2D eigenvalue weighted by atomic mass is 32.2. The Kier molecular flexibility index (Phi) is 4.53. The van der Waals surface area contributed by atoms with Gasteiger partial charge >= 0.3 is 5.97 Å². The van der Waals surface area contributed by atoms with Crippen LogP contribution in [0.25, 0.3) is 0 Å². The van der Waals surface area contributed by atoms with Crippen LogP contribution < -0.4 is 4.72 Å². The fraction of sp³-hybridized carbons (Fsp3) is 0.154. The maximum Gasteiger partial charge on any atom is 0.335 e. The molecule has 0 aliphatic rings. The summed E-state index contributed by atoms with van der Waals surface area (Å²) in [5, 5.41) is 10.5. The SMILES string of the molecule is O=C(O)c1ccc(CCNS(=O)(=O)c2cccs2)cc1. The van der Waals surface area contributed by atoms with E-state index >= 15 is 0 Å². The van der Waals surface area contributed by atoms with Gasteiger partial charge in [-0.15, -0.1) is 11.3 Å². The highest BCUT2D eigenvalue weighted by molar-refractivity contribution is 7.91. The molecule has 0 bridgehead atoms. The summed E-state index contributed by atoms with van der Waals surface area (Å²) in [6.07, 6.45) is 0.504. The number of carboxylic acid groups (broad SMARTS) is 1. The molecule has 0 unspecified atom stereocenters. The third kappa shape index (κ3) is 3.66. The lowest BCUT2D eigenvalue weighted by molar-refractivity contribution is 0.0697. The molecule has 1 aromatic carbocycles. The summed E-state index contributed by atoms with van der Waals surface area (Å²) in [5.74, 6) is -0.977. The summed E-state index contributed by atoms with van der Waals surface area (Å²) in [6, 6.07) is 9.61. The molecular formula is C13H13NO4S2. The molecule has 0 radical (unpaired) electrons. The summed E-state index contributed by atoms with van der Waals surface area (Å²) in [5.41, 5.74) is 1.09. The summed E-state index contributed by atoms with van der Waals surface area (Å²) in [7, 11) is -3.43. The Hall–Kier alpha value is -1.70. The molecule has 0 atom stereocenters. The van der Waals surface area contributed by atoms with E-state index in [0.29, 0.717) is 10.6 Å². The minimum absolute atomic E-state index is 0.216. The van der Waals surface area contributed by atoms with Gasteiger partial charge in [0.15, 0.2) is 0 Å². The zero-order valence-corrected chi connectivity index (χ0v) is 12.1.